The summed E-state index contributed by atoms with van der Waals surface area (Å²) in [7, 11) is 7.69. The average Bonchev–Trinajstić information content (AvgIpc) is 3.09. The predicted octanol–water partition coefficient (Wildman–Crippen LogP) is 5.47. The van der Waals surface area contributed by atoms with Crippen molar-refractivity contribution in [2.45, 2.75) is 96.1 Å². The number of quaternary nitrogens is 2. The van der Waals surface area contributed by atoms with Crippen LogP contribution in [-0.2, 0) is 0 Å². The van der Waals surface area contributed by atoms with Gasteiger partial charge >= 0.3 is 0 Å². The van der Waals surface area contributed by atoms with E-state index in [1.807, 2.05) is 0 Å². The van der Waals surface area contributed by atoms with E-state index in [1.54, 1.807) is 25.7 Å². The number of rotatable bonds is 1. The van der Waals surface area contributed by atoms with Crippen molar-refractivity contribution in [1.82, 2.24) is 0 Å². The zero-order chi connectivity index (χ0) is 19.8. The van der Waals surface area contributed by atoms with Gasteiger partial charge in [0, 0.05) is 31.6 Å². The minimum atomic E-state index is 0.550. The van der Waals surface area contributed by atoms with E-state index in [2.05, 4.69) is 35.0 Å². The highest BCUT2D eigenvalue weighted by molar-refractivity contribution is 5.07. The third kappa shape index (κ3) is 2.65. The highest BCUT2D eigenvalue weighted by Crippen LogP contribution is 2.64. The fraction of sp³-hybridized carbons (Fsp3) is 1.00. The summed E-state index contributed by atoms with van der Waals surface area (Å²) in [6.45, 7) is 9.78. The summed E-state index contributed by atoms with van der Waals surface area (Å²) in [6.07, 6.45) is 16.7. The molecule has 160 valence electrons. The molecule has 3 aliphatic carbocycles. The number of nitrogens with zero attached hydrogens (tertiary/aromatic N) is 2. The van der Waals surface area contributed by atoms with Gasteiger partial charge in [-0.15, -0.1) is 0 Å². The van der Waals surface area contributed by atoms with Crippen molar-refractivity contribution in [3.8, 4) is 0 Å². The summed E-state index contributed by atoms with van der Waals surface area (Å²) in [4.78, 5) is 0. The Morgan fingerprint density at radius 3 is 2.21 bits per heavy atom. The van der Waals surface area contributed by atoms with E-state index >= 15 is 0 Å². The van der Waals surface area contributed by atoms with Crippen molar-refractivity contribution < 1.29 is 8.97 Å². The van der Waals surface area contributed by atoms with Gasteiger partial charge < -0.3 is 8.97 Å². The Labute approximate surface area is 175 Å². The van der Waals surface area contributed by atoms with E-state index in [1.165, 1.54) is 73.5 Å². The smallest absolute Gasteiger partial charge is 0.0991 e. The lowest BCUT2D eigenvalue weighted by Gasteiger charge is -2.65. The lowest BCUT2D eigenvalue weighted by molar-refractivity contribution is -0.952. The van der Waals surface area contributed by atoms with Gasteiger partial charge in [-0.05, 0) is 75.0 Å². The second kappa shape index (κ2) is 6.46. The lowest BCUT2D eigenvalue weighted by atomic mass is 9.44. The summed E-state index contributed by atoms with van der Waals surface area (Å²) < 4.78 is 2.71. The third-order valence-electron chi connectivity index (χ3n) is 12.1. The minimum Gasteiger partial charge on any atom is -0.324 e. The minimum absolute atomic E-state index is 0.550. The molecule has 0 aromatic heterocycles. The molecule has 2 heteroatoms. The van der Waals surface area contributed by atoms with Crippen molar-refractivity contribution in [2.75, 3.05) is 40.8 Å². The molecule has 2 nitrogen and oxygen atoms in total. The van der Waals surface area contributed by atoms with E-state index in [4.69, 9.17) is 0 Å². The Morgan fingerprint density at radius 1 is 0.714 bits per heavy atom. The van der Waals surface area contributed by atoms with Gasteiger partial charge in [-0.1, -0.05) is 6.92 Å². The molecule has 0 aromatic carbocycles. The molecule has 0 bridgehead atoms. The number of hydrogen-bond donors (Lipinski definition) is 0. The average molecular weight is 389 g/mol. The van der Waals surface area contributed by atoms with Crippen molar-refractivity contribution >= 4 is 0 Å². The Bertz CT molecular complexity index is 606. The molecule has 5 fully saturated rings. The maximum Gasteiger partial charge on any atom is 0.0991 e. The first kappa shape index (κ1) is 19.9. The fourth-order valence-corrected chi connectivity index (χ4v) is 9.76. The van der Waals surface area contributed by atoms with Crippen LogP contribution >= 0.6 is 0 Å². The molecule has 2 heterocycles. The van der Waals surface area contributed by atoms with Gasteiger partial charge in [0.25, 0.3) is 0 Å². The highest BCUT2D eigenvalue weighted by atomic mass is 15.4. The maximum atomic E-state index is 2.76. The number of piperidine rings is 1. The topological polar surface area (TPSA) is 0 Å². The second-order valence-electron chi connectivity index (χ2n) is 13.2. The van der Waals surface area contributed by atoms with Crippen molar-refractivity contribution in [2.24, 2.45) is 29.1 Å². The van der Waals surface area contributed by atoms with Crippen LogP contribution in [0.25, 0.3) is 0 Å². The van der Waals surface area contributed by atoms with Gasteiger partial charge in [0.2, 0.25) is 0 Å². The second-order valence-corrected chi connectivity index (χ2v) is 13.2. The molecule has 28 heavy (non-hydrogen) atoms. The summed E-state index contributed by atoms with van der Waals surface area (Å²) in [5.41, 5.74) is 1.21. The van der Waals surface area contributed by atoms with Crippen LogP contribution in [0.2, 0.25) is 0 Å². The predicted molar refractivity (Wildman–Crippen MR) is 118 cm³/mol. The largest absolute Gasteiger partial charge is 0.324 e. The van der Waals surface area contributed by atoms with Crippen LogP contribution in [0.15, 0.2) is 0 Å². The number of likely N-dealkylation sites (tertiary alicyclic amines) is 2. The molecule has 5 aliphatic rings. The van der Waals surface area contributed by atoms with Gasteiger partial charge in [0.1, 0.15) is 0 Å². The number of fused-ring (bicyclic) bond motifs is 5. The van der Waals surface area contributed by atoms with E-state index < -0.39 is 0 Å². The van der Waals surface area contributed by atoms with Crippen LogP contribution in [0.3, 0.4) is 0 Å². The van der Waals surface area contributed by atoms with Crippen molar-refractivity contribution in [3.05, 3.63) is 0 Å². The zero-order valence-corrected chi connectivity index (χ0v) is 19.7. The van der Waals surface area contributed by atoms with Crippen LogP contribution in [-0.4, -0.2) is 61.3 Å². The van der Waals surface area contributed by atoms with E-state index in [0.29, 0.717) is 11.0 Å². The van der Waals surface area contributed by atoms with Crippen LogP contribution in [0.4, 0.5) is 0 Å². The Morgan fingerprint density at radius 2 is 1.46 bits per heavy atom. The Balaban J connectivity index is 1.37. The molecule has 0 amide bonds. The van der Waals surface area contributed by atoms with Gasteiger partial charge in [-0.25, -0.2) is 0 Å². The zero-order valence-electron chi connectivity index (χ0n) is 19.7. The summed E-state index contributed by atoms with van der Waals surface area (Å²) >= 11 is 0. The SMILES string of the molecule is C[C@]12CCC3C(CC[C@H]4C[C@@H]([N+]5(C)CCCC5)CC[C@]34C)C1CCC[N+]2(C)C. The molecule has 5 rings (SSSR count). The molecule has 0 N–H and O–H groups in total. The lowest BCUT2D eigenvalue weighted by Crippen LogP contribution is -2.69. The monoisotopic (exact) mass is 388 g/mol. The standard InChI is InChI=1S/C26H48N2/c1-25-14-12-21(28(5)17-6-7-18-28)19-20(25)10-11-22-23(25)13-15-26(2)24(22)9-8-16-27(26,3)4/h20-24H,6-19H2,1-5H3/q+2/t20-,21-,22?,23?,24?,25-,26-/m0/s1. The summed E-state index contributed by atoms with van der Waals surface area (Å²) in [5.74, 6) is 4.09. The maximum absolute atomic E-state index is 2.76. The van der Waals surface area contributed by atoms with E-state index in [9.17, 15) is 0 Å². The first-order valence-electron chi connectivity index (χ1n) is 12.9. The van der Waals surface area contributed by atoms with Gasteiger partial charge in [0.05, 0.1) is 52.4 Å². The normalized spacial score (nSPS) is 52.4. The molecule has 2 aliphatic heterocycles. The van der Waals surface area contributed by atoms with Crippen molar-refractivity contribution in [1.29, 1.82) is 0 Å². The molecule has 0 aromatic rings. The van der Waals surface area contributed by atoms with Crippen LogP contribution in [0.1, 0.15) is 84.5 Å². The van der Waals surface area contributed by atoms with Gasteiger partial charge in [-0.3, -0.25) is 0 Å². The van der Waals surface area contributed by atoms with E-state index in [-0.39, 0.29) is 0 Å². The first-order valence-corrected chi connectivity index (χ1v) is 12.9. The highest BCUT2D eigenvalue weighted by Gasteiger charge is 2.62. The molecule has 3 unspecified atom stereocenters. The van der Waals surface area contributed by atoms with Crippen LogP contribution in [0.5, 0.6) is 0 Å². The molecular formula is C26H48N2+2. The Hall–Kier alpha value is -0.0800. The molecule has 0 radical (unpaired) electrons. The molecule has 7 atom stereocenters. The quantitative estimate of drug-likeness (QED) is 0.523. The van der Waals surface area contributed by atoms with Crippen LogP contribution in [0, 0.1) is 29.1 Å². The Kier molecular flexibility index (Phi) is 4.58. The summed E-state index contributed by atoms with van der Waals surface area (Å²) in [5, 5.41) is 0. The van der Waals surface area contributed by atoms with Crippen molar-refractivity contribution in [3.63, 3.8) is 0 Å². The van der Waals surface area contributed by atoms with Gasteiger partial charge in [-0.2, -0.15) is 0 Å². The first-order chi connectivity index (χ1) is 13.2. The third-order valence-corrected chi connectivity index (χ3v) is 12.1. The van der Waals surface area contributed by atoms with Crippen LogP contribution < -0.4 is 0 Å². The molecule has 2 saturated heterocycles. The molecule has 0 spiro atoms. The fourth-order valence-electron chi connectivity index (χ4n) is 9.76. The van der Waals surface area contributed by atoms with Gasteiger partial charge in [0.15, 0.2) is 0 Å². The molecule has 3 saturated carbocycles. The summed E-state index contributed by atoms with van der Waals surface area (Å²) in [6, 6.07) is 0.983. The molecular weight excluding hydrogens is 340 g/mol. The number of hydrogen-bond acceptors (Lipinski definition) is 0. The van der Waals surface area contributed by atoms with E-state index in [0.717, 1.165) is 29.7 Å².